The minimum absolute atomic E-state index is 0.00130. The summed E-state index contributed by atoms with van der Waals surface area (Å²) in [6, 6.07) is 3.77. The minimum Gasteiger partial charge on any atom is -0.489 e. The molecule has 9 heteroatoms. The fourth-order valence-electron chi connectivity index (χ4n) is 3.53. The molecule has 0 aromatic carbocycles. The maximum atomic E-state index is 12.3. The largest absolute Gasteiger partial charge is 0.489 e. The van der Waals surface area contributed by atoms with Crippen molar-refractivity contribution in [2.45, 2.75) is 58.2 Å². The molecule has 0 bridgehead atoms. The zero-order chi connectivity index (χ0) is 21.5. The van der Waals surface area contributed by atoms with E-state index in [9.17, 15) is 9.18 Å². The molecule has 0 N–H and O–H groups in total. The summed E-state index contributed by atoms with van der Waals surface area (Å²) >= 11 is 0. The Bertz CT molecular complexity index is 851. The number of carbonyl (C=O) groups is 1. The van der Waals surface area contributed by atoms with Crippen molar-refractivity contribution in [3.63, 3.8) is 0 Å². The second-order valence-electron chi connectivity index (χ2n) is 7.68. The van der Waals surface area contributed by atoms with Crippen LogP contribution in [0.2, 0.25) is 0 Å². The van der Waals surface area contributed by atoms with Gasteiger partial charge in [0.1, 0.15) is 23.7 Å². The molecule has 2 aromatic rings. The number of amides is 1. The predicted molar refractivity (Wildman–Crippen MR) is 110 cm³/mol. The molecule has 30 heavy (non-hydrogen) atoms. The molecule has 0 unspecified atom stereocenters. The molecular formula is C21H30FN5O3. The lowest BCUT2D eigenvalue weighted by molar-refractivity contribution is 0.102. The smallest absolute Gasteiger partial charge is 0.409 e. The molecule has 1 amide bonds. The van der Waals surface area contributed by atoms with E-state index in [1.807, 2.05) is 19.1 Å². The molecule has 0 spiro atoms. The molecule has 1 aliphatic carbocycles. The zero-order valence-electron chi connectivity index (χ0n) is 17.9. The lowest BCUT2D eigenvalue weighted by Crippen LogP contribution is -2.28. The van der Waals surface area contributed by atoms with Crippen LogP contribution in [-0.4, -0.2) is 57.3 Å². The van der Waals surface area contributed by atoms with Gasteiger partial charge in [-0.25, -0.2) is 14.5 Å². The van der Waals surface area contributed by atoms with Gasteiger partial charge in [0.25, 0.3) is 0 Å². The lowest BCUT2D eigenvalue weighted by atomic mass is 9.98. The molecule has 1 aliphatic rings. The Morgan fingerprint density at radius 1 is 1.30 bits per heavy atom. The van der Waals surface area contributed by atoms with Crippen molar-refractivity contribution in [1.29, 1.82) is 0 Å². The van der Waals surface area contributed by atoms with Crippen LogP contribution in [0.1, 0.15) is 49.9 Å². The molecule has 3 rings (SSSR count). The highest BCUT2D eigenvalue weighted by Gasteiger charge is 2.20. The second-order valence-corrected chi connectivity index (χ2v) is 7.68. The number of aryl methyl sites for hydroxylation is 2. The van der Waals surface area contributed by atoms with E-state index in [-0.39, 0.29) is 19.1 Å². The van der Waals surface area contributed by atoms with Gasteiger partial charge in [-0.1, -0.05) is 11.6 Å². The maximum absolute atomic E-state index is 12.3. The van der Waals surface area contributed by atoms with E-state index in [2.05, 4.69) is 15.3 Å². The third-order valence-corrected chi connectivity index (χ3v) is 5.34. The minimum atomic E-state index is -0.518. The molecule has 0 saturated heterocycles. The summed E-state index contributed by atoms with van der Waals surface area (Å²) in [5, 5.41) is 8.25. The first-order chi connectivity index (χ1) is 14.5. The average molecular weight is 420 g/mol. The zero-order valence-corrected chi connectivity index (χ0v) is 17.9. The third kappa shape index (κ3) is 5.46. The highest BCUT2D eigenvalue weighted by molar-refractivity contribution is 5.67. The van der Waals surface area contributed by atoms with Gasteiger partial charge in [-0.05, 0) is 51.2 Å². The van der Waals surface area contributed by atoms with Crippen molar-refractivity contribution < 1.29 is 18.7 Å². The summed E-state index contributed by atoms with van der Waals surface area (Å²) in [5.41, 5.74) is 2.63. The number of pyridine rings is 1. The van der Waals surface area contributed by atoms with Crippen LogP contribution >= 0.6 is 0 Å². The van der Waals surface area contributed by atoms with E-state index in [4.69, 9.17) is 9.47 Å². The molecule has 164 valence electrons. The number of hydrogen-bond donors (Lipinski definition) is 0. The van der Waals surface area contributed by atoms with Crippen LogP contribution in [-0.2, 0) is 18.4 Å². The first-order valence-corrected chi connectivity index (χ1v) is 10.5. The Labute approximate surface area is 176 Å². The maximum Gasteiger partial charge on any atom is 0.409 e. The SMILES string of the molecule is Cc1nc(-c2nnn(C)c2COC(=O)N(C)CCCF)ccc1OC1CCCCC1. The number of carbonyl (C=O) groups excluding carboxylic acids is 1. The summed E-state index contributed by atoms with van der Waals surface area (Å²) in [6.07, 6.45) is 5.88. The number of ether oxygens (including phenoxy) is 2. The van der Waals surface area contributed by atoms with Gasteiger partial charge in [0.05, 0.1) is 24.2 Å². The molecular weight excluding hydrogens is 389 g/mol. The Morgan fingerprint density at radius 3 is 2.77 bits per heavy atom. The van der Waals surface area contributed by atoms with Crippen molar-refractivity contribution in [2.75, 3.05) is 20.3 Å². The van der Waals surface area contributed by atoms with E-state index in [0.717, 1.165) is 24.3 Å². The molecule has 0 radical (unpaired) electrons. The molecule has 2 heterocycles. The molecule has 0 atom stereocenters. The molecule has 2 aromatic heterocycles. The van der Waals surface area contributed by atoms with Crippen LogP contribution in [0.25, 0.3) is 11.4 Å². The number of halogens is 1. The van der Waals surface area contributed by atoms with Gasteiger partial charge in [-0.15, -0.1) is 5.10 Å². The highest BCUT2D eigenvalue weighted by Crippen LogP contribution is 2.28. The van der Waals surface area contributed by atoms with E-state index in [1.54, 1.807) is 18.8 Å². The van der Waals surface area contributed by atoms with Crippen molar-refractivity contribution in [3.05, 3.63) is 23.5 Å². The molecule has 0 aliphatic heterocycles. The normalized spacial score (nSPS) is 14.5. The van der Waals surface area contributed by atoms with Crippen LogP contribution < -0.4 is 4.74 Å². The van der Waals surface area contributed by atoms with Crippen LogP contribution in [0, 0.1) is 6.92 Å². The van der Waals surface area contributed by atoms with Gasteiger partial charge in [0.15, 0.2) is 0 Å². The van der Waals surface area contributed by atoms with Crippen molar-refractivity contribution >= 4 is 6.09 Å². The van der Waals surface area contributed by atoms with E-state index in [0.29, 0.717) is 23.6 Å². The first kappa shape index (κ1) is 22.0. The van der Waals surface area contributed by atoms with Crippen LogP contribution in [0.15, 0.2) is 12.1 Å². The number of rotatable bonds is 8. The quantitative estimate of drug-likeness (QED) is 0.647. The standard InChI is InChI=1S/C21H30FN5O3/c1-15-19(30-16-8-5-4-6-9-16)11-10-17(23-15)20-18(27(3)25-24-20)14-29-21(28)26(2)13-7-12-22/h10-11,16H,4-9,12-14H2,1-3H3. The Morgan fingerprint density at radius 2 is 2.07 bits per heavy atom. The molecule has 8 nitrogen and oxygen atoms in total. The predicted octanol–water partition coefficient (Wildman–Crippen LogP) is 3.83. The number of nitrogens with zero attached hydrogens (tertiary/aromatic N) is 5. The summed E-state index contributed by atoms with van der Waals surface area (Å²) in [4.78, 5) is 18.1. The second kappa shape index (κ2) is 10.4. The number of alkyl halides is 1. The summed E-state index contributed by atoms with van der Waals surface area (Å²) in [6.45, 7) is 1.74. The van der Waals surface area contributed by atoms with Gasteiger partial charge in [0.2, 0.25) is 0 Å². The first-order valence-electron chi connectivity index (χ1n) is 10.5. The van der Waals surface area contributed by atoms with Gasteiger partial charge >= 0.3 is 6.09 Å². The monoisotopic (exact) mass is 419 g/mol. The Kier molecular flexibility index (Phi) is 7.59. The summed E-state index contributed by atoms with van der Waals surface area (Å²) in [7, 11) is 3.32. The Balaban J connectivity index is 1.69. The van der Waals surface area contributed by atoms with Gasteiger partial charge in [-0.2, -0.15) is 0 Å². The van der Waals surface area contributed by atoms with Gasteiger partial charge in [0, 0.05) is 20.6 Å². The van der Waals surface area contributed by atoms with Crippen LogP contribution in [0.4, 0.5) is 9.18 Å². The van der Waals surface area contributed by atoms with Gasteiger partial charge in [-0.3, -0.25) is 4.39 Å². The van der Waals surface area contributed by atoms with E-state index >= 15 is 0 Å². The average Bonchev–Trinajstić information content (AvgIpc) is 3.12. The Hall–Kier alpha value is -2.71. The summed E-state index contributed by atoms with van der Waals surface area (Å²) in [5.74, 6) is 0.789. The van der Waals surface area contributed by atoms with Crippen molar-refractivity contribution in [3.8, 4) is 17.1 Å². The molecule has 1 fully saturated rings. The van der Waals surface area contributed by atoms with Crippen molar-refractivity contribution in [1.82, 2.24) is 24.9 Å². The summed E-state index contributed by atoms with van der Waals surface area (Å²) < 4.78 is 25.4. The van der Waals surface area contributed by atoms with Crippen molar-refractivity contribution in [2.24, 2.45) is 7.05 Å². The number of hydrogen-bond acceptors (Lipinski definition) is 6. The number of aromatic nitrogens is 4. The highest BCUT2D eigenvalue weighted by atomic mass is 19.1. The fraction of sp³-hybridized carbons (Fsp3) is 0.619. The molecule has 1 saturated carbocycles. The van der Waals surface area contributed by atoms with Crippen LogP contribution in [0.5, 0.6) is 5.75 Å². The fourth-order valence-corrected chi connectivity index (χ4v) is 3.53. The van der Waals surface area contributed by atoms with E-state index < -0.39 is 12.8 Å². The van der Waals surface area contributed by atoms with E-state index in [1.165, 1.54) is 24.2 Å². The lowest BCUT2D eigenvalue weighted by Gasteiger charge is -2.23. The van der Waals surface area contributed by atoms with Gasteiger partial charge < -0.3 is 14.4 Å². The third-order valence-electron chi connectivity index (χ3n) is 5.34. The topological polar surface area (TPSA) is 82.4 Å². The van der Waals surface area contributed by atoms with Crippen LogP contribution in [0.3, 0.4) is 0 Å².